The van der Waals surface area contributed by atoms with E-state index in [0.29, 0.717) is 18.0 Å². The van der Waals surface area contributed by atoms with E-state index in [4.69, 9.17) is 0 Å². The highest BCUT2D eigenvalue weighted by atomic mass is 16.2. The highest BCUT2D eigenvalue weighted by Gasteiger charge is 2.21. The van der Waals surface area contributed by atoms with E-state index in [0.717, 1.165) is 37.3 Å². The summed E-state index contributed by atoms with van der Waals surface area (Å²) in [5, 5.41) is 3.27. The van der Waals surface area contributed by atoms with Gasteiger partial charge in [0.1, 0.15) is 0 Å². The van der Waals surface area contributed by atoms with Crippen molar-refractivity contribution in [2.24, 2.45) is 5.92 Å². The number of amides is 1. The predicted octanol–water partition coefficient (Wildman–Crippen LogP) is 2.96. The lowest BCUT2D eigenvalue weighted by molar-refractivity contribution is 0.0697. The van der Waals surface area contributed by atoms with E-state index in [9.17, 15) is 4.79 Å². The second-order valence-corrected chi connectivity index (χ2v) is 6.11. The number of carbonyl (C=O) groups excluding carboxylic acids is 1. The van der Waals surface area contributed by atoms with Crippen molar-refractivity contribution < 1.29 is 4.79 Å². The van der Waals surface area contributed by atoms with Crippen molar-refractivity contribution >= 4 is 11.6 Å². The molecule has 0 aromatic carbocycles. The van der Waals surface area contributed by atoms with Crippen molar-refractivity contribution in [3.63, 3.8) is 0 Å². The fraction of sp³-hybridized carbons (Fsp3) is 0.389. The maximum atomic E-state index is 12.6. The summed E-state index contributed by atoms with van der Waals surface area (Å²) < 4.78 is 0. The molecule has 3 rings (SSSR count). The molecule has 5 heteroatoms. The van der Waals surface area contributed by atoms with Gasteiger partial charge in [-0.3, -0.25) is 14.8 Å². The number of hydrogen-bond donors (Lipinski definition) is 1. The molecule has 0 radical (unpaired) electrons. The molecule has 1 saturated heterocycles. The zero-order valence-electron chi connectivity index (χ0n) is 13.4. The average Bonchev–Trinajstić information content (AvgIpc) is 2.61. The first-order chi connectivity index (χ1) is 11.2. The summed E-state index contributed by atoms with van der Waals surface area (Å²) >= 11 is 0. The molecule has 0 spiro atoms. The third-order valence-corrected chi connectivity index (χ3v) is 4.26. The maximum absolute atomic E-state index is 12.6. The lowest BCUT2D eigenvalue weighted by Crippen LogP contribution is -2.37. The van der Waals surface area contributed by atoms with Gasteiger partial charge in [0.15, 0.2) is 0 Å². The van der Waals surface area contributed by atoms with E-state index in [-0.39, 0.29) is 5.91 Å². The van der Waals surface area contributed by atoms with Gasteiger partial charge in [-0.05, 0) is 37.0 Å². The standard InChI is InChI=1S/C18H22N4O/c1-14-5-8-22(9-6-14)18(23)15-10-17(12-19-11-15)21-13-16-4-2-3-7-20-16/h2-4,7,10-12,14,21H,5-6,8-9,13H2,1H3. The summed E-state index contributed by atoms with van der Waals surface area (Å²) in [6, 6.07) is 7.68. The SMILES string of the molecule is CC1CCN(C(=O)c2cncc(NCc3ccccn3)c2)CC1. The minimum atomic E-state index is 0.0749. The molecule has 5 nitrogen and oxygen atoms in total. The van der Waals surface area contributed by atoms with Gasteiger partial charge in [0.2, 0.25) is 0 Å². The molecule has 0 aliphatic carbocycles. The molecule has 1 N–H and O–H groups in total. The van der Waals surface area contributed by atoms with Crippen LogP contribution < -0.4 is 5.32 Å². The van der Waals surface area contributed by atoms with Crippen LogP contribution in [0.5, 0.6) is 0 Å². The zero-order valence-corrected chi connectivity index (χ0v) is 13.4. The molecule has 1 amide bonds. The van der Waals surface area contributed by atoms with Crippen molar-refractivity contribution in [2.75, 3.05) is 18.4 Å². The van der Waals surface area contributed by atoms with Gasteiger partial charge in [-0.25, -0.2) is 0 Å². The van der Waals surface area contributed by atoms with E-state index in [2.05, 4.69) is 22.2 Å². The Balaban J connectivity index is 1.64. The molecule has 2 aromatic rings. The molecule has 120 valence electrons. The molecule has 0 unspecified atom stereocenters. The van der Waals surface area contributed by atoms with Gasteiger partial charge in [-0.1, -0.05) is 13.0 Å². The van der Waals surface area contributed by atoms with E-state index >= 15 is 0 Å². The molecule has 1 aliphatic heterocycles. The van der Waals surface area contributed by atoms with Gasteiger partial charge in [0.25, 0.3) is 5.91 Å². The van der Waals surface area contributed by atoms with E-state index in [1.54, 1.807) is 18.6 Å². The van der Waals surface area contributed by atoms with Crippen LogP contribution in [0.4, 0.5) is 5.69 Å². The predicted molar refractivity (Wildman–Crippen MR) is 90.1 cm³/mol. The quantitative estimate of drug-likeness (QED) is 0.943. The van der Waals surface area contributed by atoms with E-state index in [1.807, 2.05) is 29.2 Å². The Morgan fingerprint density at radius 3 is 2.87 bits per heavy atom. The molecule has 0 atom stereocenters. The first-order valence-corrected chi connectivity index (χ1v) is 8.10. The van der Waals surface area contributed by atoms with Crippen LogP contribution in [0.1, 0.15) is 35.8 Å². The molecule has 0 saturated carbocycles. The highest BCUT2D eigenvalue weighted by Crippen LogP contribution is 2.19. The largest absolute Gasteiger partial charge is 0.378 e. The van der Waals surface area contributed by atoms with E-state index in [1.165, 1.54) is 0 Å². The third-order valence-electron chi connectivity index (χ3n) is 4.26. The van der Waals surface area contributed by atoms with E-state index < -0.39 is 0 Å². The van der Waals surface area contributed by atoms with Crippen molar-refractivity contribution in [1.29, 1.82) is 0 Å². The Bertz CT molecular complexity index is 651. The molecule has 1 aliphatic rings. The lowest BCUT2D eigenvalue weighted by atomic mass is 9.99. The first kappa shape index (κ1) is 15.5. The van der Waals surface area contributed by atoms with Gasteiger partial charge >= 0.3 is 0 Å². The van der Waals surface area contributed by atoms with Crippen molar-refractivity contribution in [2.45, 2.75) is 26.3 Å². The smallest absolute Gasteiger partial charge is 0.255 e. The molecular weight excluding hydrogens is 288 g/mol. The number of pyridine rings is 2. The number of piperidine rings is 1. The Kier molecular flexibility index (Phi) is 4.86. The summed E-state index contributed by atoms with van der Waals surface area (Å²) in [6.07, 6.45) is 7.31. The number of rotatable bonds is 4. The third kappa shape index (κ3) is 4.06. The fourth-order valence-corrected chi connectivity index (χ4v) is 2.74. The van der Waals surface area contributed by atoms with Crippen LogP contribution in [0.25, 0.3) is 0 Å². The monoisotopic (exact) mass is 310 g/mol. The van der Waals surface area contributed by atoms with Gasteiger partial charge in [0, 0.05) is 31.7 Å². The minimum Gasteiger partial charge on any atom is -0.378 e. The molecule has 23 heavy (non-hydrogen) atoms. The Morgan fingerprint density at radius 1 is 1.30 bits per heavy atom. The molecule has 0 bridgehead atoms. The van der Waals surface area contributed by atoms with Crippen LogP contribution in [0.2, 0.25) is 0 Å². The topological polar surface area (TPSA) is 58.1 Å². The number of nitrogens with one attached hydrogen (secondary N) is 1. The van der Waals surface area contributed by atoms with Gasteiger partial charge in [-0.2, -0.15) is 0 Å². The Morgan fingerprint density at radius 2 is 2.13 bits per heavy atom. The average molecular weight is 310 g/mol. The highest BCUT2D eigenvalue weighted by molar-refractivity contribution is 5.94. The number of likely N-dealkylation sites (tertiary alicyclic amines) is 1. The summed E-state index contributed by atoms with van der Waals surface area (Å²) in [6.45, 7) is 4.53. The van der Waals surface area contributed by atoms with Gasteiger partial charge in [0.05, 0.1) is 23.5 Å². The van der Waals surface area contributed by atoms with Crippen LogP contribution in [0, 0.1) is 5.92 Å². The fourth-order valence-electron chi connectivity index (χ4n) is 2.74. The Labute approximate surface area is 136 Å². The minimum absolute atomic E-state index is 0.0749. The van der Waals surface area contributed by atoms with Crippen LogP contribution in [-0.2, 0) is 6.54 Å². The normalized spacial score (nSPS) is 15.4. The summed E-state index contributed by atoms with van der Waals surface area (Å²) in [7, 11) is 0. The zero-order chi connectivity index (χ0) is 16.1. The van der Waals surface area contributed by atoms with Crippen molar-refractivity contribution in [1.82, 2.24) is 14.9 Å². The number of anilines is 1. The first-order valence-electron chi connectivity index (χ1n) is 8.10. The summed E-state index contributed by atoms with van der Waals surface area (Å²) in [5.74, 6) is 0.787. The number of aromatic nitrogens is 2. The van der Waals surface area contributed by atoms with Crippen LogP contribution >= 0.6 is 0 Å². The molecule has 3 heterocycles. The molecule has 2 aromatic heterocycles. The van der Waals surface area contributed by atoms with Crippen LogP contribution in [-0.4, -0.2) is 33.9 Å². The van der Waals surface area contributed by atoms with Gasteiger partial charge in [-0.15, -0.1) is 0 Å². The maximum Gasteiger partial charge on any atom is 0.255 e. The number of hydrogen-bond acceptors (Lipinski definition) is 4. The van der Waals surface area contributed by atoms with Crippen LogP contribution in [0.15, 0.2) is 42.9 Å². The van der Waals surface area contributed by atoms with Gasteiger partial charge < -0.3 is 10.2 Å². The second-order valence-electron chi connectivity index (χ2n) is 6.11. The molecule has 1 fully saturated rings. The Hall–Kier alpha value is -2.43. The summed E-state index contributed by atoms with van der Waals surface area (Å²) in [4.78, 5) is 23.0. The number of carbonyl (C=O) groups is 1. The second kappa shape index (κ2) is 7.22. The summed E-state index contributed by atoms with van der Waals surface area (Å²) in [5.41, 5.74) is 2.44. The number of nitrogens with zero attached hydrogens (tertiary/aromatic N) is 3. The lowest BCUT2D eigenvalue weighted by Gasteiger charge is -2.30. The van der Waals surface area contributed by atoms with Crippen molar-refractivity contribution in [3.05, 3.63) is 54.1 Å². The van der Waals surface area contributed by atoms with Crippen LogP contribution in [0.3, 0.4) is 0 Å². The van der Waals surface area contributed by atoms with Crippen molar-refractivity contribution in [3.8, 4) is 0 Å². The molecular formula is C18H22N4O.